The summed E-state index contributed by atoms with van der Waals surface area (Å²) in [5.74, 6) is 0.123. The van der Waals surface area contributed by atoms with Crippen molar-refractivity contribution in [3.8, 4) is 0 Å². The summed E-state index contributed by atoms with van der Waals surface area (Å²) in [5.41, 5.74) is 0. The van der Waals surface area contributed by atoms with Crippen molar-refractivity contribution in [2.24, 2.45) is 0 Å². The van der Waals surface area contributed by atoms with Gasteiger partial charge in [-0.3, -0.25) is 4.79 Å². The first kappa shape index (κ1) is 13.2. The molecule has 1 rings (SSSR count). The van der Waals surface area contributed by atoms with Crippen molar-refractivity contribution in [2.45, 2.75) is 13.3 Å². The first-order valence-electron chi connectivity index (χ1n) is 6.08. The first-order valence-corrected chi connectivity index (χ1v) is 6.08. The van der Waals surface area contributed by atoms with Crippen molar-refractivity contribution in [2.75, 3.05) is 45.8 Å². The molecule has 1 heterocycles. The molecule has 1 aliphatic heterocycles. The Hall–Kier alpha value is -0.870. The van der Waals surface area contributed by atoms with Gasteiger partial charge in [0.15, 0.2) is 0 Å². The van der Waals surface area contributed by atoms with E-state index in [4.69, 9.17) is 0 Å². The molecule has 0 aromatic carbocycles. The maximum atomic E-state index is 11.4. The van der Waals surface area contributed by atoms with E-state index in [1.54, 1.807) is 6.08 Å². The summed E-state index contributed by atoms with van der Waals surface area (Å²) in [6, 6.07) is 0. The highest BCUT2D eigenvalue weighted by Gasteiger charge is 2.15. The SMILES string of the molecule is C=CCNC(=O)CCN1CCN(CC)CC1. The van der Waals surface area contributed by atoms with E-state index in [1.165, 1.54) is 0 Å². The zero-order valence-corrected chi connectivity index (χ0v) is 10.2. The van der Waals surface area contributed by atoms with E-state index in [-0.39, 0.29) is 5.91 Å². The van der Waals surface area contributed by atoms with Crippen LogP contribution in [0.1, 0.15) is 13.3 Å². The fraction of sp³-hybridized carbons (Fsp3) is 0.750. The molecular weight excluding hydrogens is 202 g/mol. The van der Waals surface area contributed by atoms with Gasteiger partial charge in [0.1, 0.15) is 0 Å². The number of carbonyl (C=O) groups is 1. The predicted octanol–water partition coefficient (Wildman–Crippen LogP) is 0.316. The van der Waals surface area contributed by atoms with Gasteiger partial charge in [-0.15, -0.1) is 6.58 Å². The van der Waals surface area contributed by atoms with Gasteiger partial charge in [-0.25, -0.2) is 0 Å². The van der Waals surface area contributed by atoms with Crippen LogP contribution in [0.15, 0.2) is 12.7 Å². The van der Waals surface area contributed by atoms with E-state index in [0.717, 1.165) is 39.3 Å². The summed E-state index contributed by atoms with van der Waals surface area (Å²) < 4.78 is 0. The molecular formula is C12H23N3O. The predicted molar refractivity (Wildman–Crippen MR) is 66.4 cm³/mol. The number of amides is 1. The van der Waals surface area contributed by atoms with Gasteiger partial charge in [0.25, 0.3) is 0 Å². The second-order valence-electron chi connectivity index (χ2n) is 4.12. The summed E-state index contributed by atoms with van der Waals surface area (Å²) in [5, 5.41) is 2.80. The summed E-state index contributed by atoms with van der Waals surface area (Å²) in [6.07, 6.45) is 2.30. The number of hydrogen-bond acceptors (Lipinski definition) is 3. The Morgan fingerprint density at radius 3 is 2.50 bits per heavy atom. The van der Waals surface area contributed by atoms with Gasteiger partial charge in [0.2, 0.25) is 5.91 Å². The molecule has 0 aromatic heterocycles. The van der Waals surface area contributed by atoms with Crippen LogP contribution in [0.3, 0.4) is 0 Å². The maximum absolute atomic E-state index is 11.4. The quantitative estimate of drug-likeness (QED) is 0.661. The Morgan fingerprint density at radius 1 is 1.31 bits per heavy atom. The third-order valence-corrected chi connectivity index (χ3v) is 3.01. The highest BCUT2D eigenvalue weighted by atomic mass is 16.1. The molecule has 1 amide bonds. The summed E-state index contributed by atoms with van der Waals surface area (Å²) >= 11 is 0. The Labute approximate surface area is 98.3 Å². The first-order chi connectivity index (χ1) is 7.76. The van der Waals surface area contributed by atoms with Crippen LogP contribution in [-0.4, -0.2) is 61.5 Å². The molecule has 1 saturated heterocycles. The number of rotatable bonds is 6. The highest BCUT2D eigenvalue weighted by molar-refractivity contribution is 5.76. The molecule has 0 bridgehead atoms. The highest BCUT2D eigenvalue weighted by Crippen LogP contribution is 2.01. The van der Waals surface area contributed by atoms with E-state index >= 15 is 0 Å². The standard InChI is InChI=1S/C12H23N3O/c1-3-6-13-12(16)5-7-15-10-8-14(4-2)9-11-15/h3H,1,4-11H2,2H3,(H,13,16). The van der Waals surface area contributed by atoms with E-state index < -0.39 is 0 Å². The van der Waals surface area contributed by atoms with Gasteiger partial charge in [-0.05, 0) is 6.54 Å². The number of nitrogens with zero attached hydrogens (tertiary/aromatic N) is 2. The van der Waals surface area contributed by atoms with Crippen LogP contribution in [0.2, 0.25) is 0 Å². The molecule has 0 radical (unpaired) electrons. The van der Waals surface area contributed by atoms with E-state index in [1.807, 2.05) is 0 Å². The smallest absolute Gasteiger partial charge is 0.221 e. The summed E-state index contributed by atoms with van der Waals surface area (Å²) in [7, 11) is 0. The average molecular weight is 225 g/mol. The molecule has 0 saturated carbocycles. The fourth-order valence-corrected chi connectivity index (χ4v) is 1.86. The van der Waals surface area contributed by atoms with Gasteiger partial charge < -0.3 is 15.1 Å². The third kappa shape index (κ3) is 4.77. The maximum Gasteiger partial charge on any atom is 0.221 e. The van der Waals surface area contributed by atoms with Gasteiger partial charge in [0.05, 0.1) is 0 Å². The van der Waals surface area contributed by atoms with E-state index in [9.17, 15) is 4.79 Å². The van der Waals surface area contributed by atoms with Gasteiger partial charge in [-0.2, -0.15) is 0 Å². The average Bonchev–Trinajstić information content (AvgIpc) is 2.34. The number of hydrogen-bond donors (Lipinski definition) is 1. The van der Waals surface area contributed by atoms with Crippen LogP contribution >= 0.6 is 0 Å². The molecule has 1 fully saturated rings. The minimum absolute atomic E-state index is 0.123. The van der Waals surface area contributed by atoms with Crippen LogP contribution in [-0.2, 0) is 4.79 Å². The van der Waals surface area contributed by atoms with Gasteiger partial charge in [0, 0.05) is 45.7 Å². The molecule has 4 nitrogen and oxygen atoms in total. The zero-order valence-electron chi connectivity index (χ0n) is 10.2. The monoisotopic (exact) mass is 225 g/mol. The number of likely N-dealkylation sites (N-methyl/N-ethyl adjacent to an activating group) is 1. The summed E-state index contributed by atoms with van der Waals surface area (Å²) in [4.78, 5) is 16.2. The van der Waals surface area contributed by atoms with Crippen molar-refractivity contribution < 1.29 is 4.79 Å². The molecule has 4 heteroatoms. The Balaban J connectivity index is 2.10. The van der Waals surface area contributed by atoms with E-state index in [0.29, 0.717) is 13.0 Å². The zero-order chi connectivity index (χ0) is 11.8. The van der Waals surface area contributed by atoms with Crippen molar-refractivity contribution in [1.82, 2.24) is 15.1 Å². The molecule has 16 heavy (non-hydrogen) atoms. The largest absolute Gasteiger partial charge is 0.353 e. The Bertz CT molecular complexity index is 222. The van der Waals surface area contributed by atoms with Crippen LogP contribution in [0, 0.1) is 0 Å². The van der Waals surface area contributed by atoms with Crippen LogP contribution in [0.25, 0.3) is 0 Å². The summed E-state index contributed by atoms with van der Waals surface area (Å²) in [6.45, 7) is 12.8. The molecule has 0 spiro atoms. The van der Waals surface area contributed by atoms with Crippen molar-refractivity contribution in [3.05, 3.63) is 12.7 Å². The van der Waals surface area contributed by atoms with Crippen molar-refractivity contribution >= 4 is 5.91 Å². The lowest BCUT2D eigenvalue weighted by Crippen LogP contribution is -2.46. The Kier molecular flexibility index (Phi) is 6.11. The van der Waals surface area contributed by atoms with Crippen LogP contribution < -0.4 is 5.32 Å². The molecule has 0 aliphatic carbocycles. The lowest BCUT2D eigenvalue weighted by Gasteiger charge is -2.33. The van der Waals surface area contributed by atoms with Gasteiger partial charge >= 0.3 is 0 Å². The molecule has 0 unspecified atom stereocenters. The molecule has 0 atom stereocenters. The lowest BCUT2D eigenvalue weighted by atomic mass is 10.3. The topological polar surface area (TPSA) is 35.6 Å². The lowest BCUT2D eigenvalue weighted by molar-refractivity contribution is -0.121. The Morgan fingerprint density at radius 2 is 1.94 bits per heavy atom. The second-order valence-corrected chi connectivity index (χ2v) is 4.12. The molecule has 0 aromatic rings. The minimum atomic E-state index is 0.123. The normalized spacial score (nSPS) is 18.3. The van der Waals surface area contributed by atoms with Crippen molar-refractivity contribution in [1.29, 1.82) is 0 Å². The number of carbonyl (C=O) groups excluding carboxylic acids is 1. The van der Waals surface area contributed by atoms with Crippen molar-refractivity contribution in [3.63, 3.8) is 0 Å². The second kappa shape index (κ2) is 7.41. The van der Waals surface area contributed by atoms with Crippen LogP contribution in [0.4, 0.5) is 0 Å². The fourth-order valence-electron chi connectivity index (χ4n) is 1.86. The van der Waals surface area contributed by atoms with Crippen LogP contribution in [0.5, 0.6) is 0 Å². The molecule has 1 N–H and O–H groups in total. The van der Waals surface area contributed by atoms with E-state index in [2.05, 4.69) is 28.6 Å². The third-order valence-electron chi connectivity index (χ3n) is 3.01. The molecule has 1 aliphatic rings. The number of nitrogens with one attached hydrogen (secondary N) is 1. The molecule has 92 valence electrons. The minimum Gasteiger partial charge on any atom is -0.353 e. The number of piperazine rings is 1. The van der Waals surface area contributed by atoms with Gasteiger partial charge in [-0.1, -0.05) is 13.0 Å².